The Morgan fingerprint density at radius 1 is 1.31 bits per heavy atom. The highest BCUT2D eigenvalue weighted by molar-refractivity contribution is 8.16. The lowest BCUT2D eigenvalue weighted by atomic mass is 10.1. The molecule has 1 unspecified atom stereocenters. The predicted molar refractivity (Wildman–Crippen MR) is 117 cm³/mol. The van der Waals surface area contributed by atoms with E-state index in [4.69, 9.17) is 0 Å². The summed E-state index contributed by atoms with van der Waals surface area (Å²) in [5.74, 6) is 0.581. The number of nitrogens with zero attached hydrogens (tertiary/aromatic N) is 4. The van der Waals surface area contributed by atoms with Gasteiger partial charge in [0.1, 0.15) is 0 Å². The first kappa shape index (κ1) is 18.5. The Bertz CT molecular complexity index is 1110. The minimum atomic E-state index is -0.164. The van der Waals surface area contributed by atoms with Gasteiger partial charge in [0.2, 0.25) is 5.91 Å². The van der Waals surface area contributed by atoms with Crippen LogP contribution >= 0.6 is 23.5 Å². The van der Waals surface area contributed by atoms with Gasteiger partial charge in [-0.25, -0.2) is 4.98 Å². The van der Waals surface area contributed by atoms with Crippen molar-refractivity contribution < 1.29 is 4.79 Å². The van der Waals surface area contributed by atoms with Crippen molar-refractivity contribution >= 4 is 46.0 Å². The third kappa shape index (κ3) is 3.49. The molecule has 9 heteroatoms. The molecule has 0 bridgehead atoms. The fourth-order valence-corrected chi connectivity index (χ4v) is 5.87. The number of aliphatic imine (C=N–C) groups is 1. The Labute approximate surface area is 176 Å². The average molecular weight is 426 g/mol. The number of nitrogens with one attached hydrogen (secondary N) is 1. The predicted octanol–water partition coefficient (Wildman–Crippen LogP) is 2.94. The van der Waals surface area contributed by atoms with E-state index in [1.54, 1.807) is 16.3 Å². The van der Waals surface area contributed by atoms with Crippen LogP contribution in [-0.4, -0.2) is 44.4 Å². The van der Waals surface area contributed by atoms with Gasteiger partial charge < -0.3 is 10.2 Å². The number of thioether (sulfide) groups is 2. The SMILES string of the molecule is Cc1cc(=O)n2c(n1)SCC2CC(=O)Nc1ccc(C2=CSC3=NCCN23)cc1. The van der Waals surface area contributed by atoms with Gasteiger partial charge in [-0.2, -0.15) is 0 Å². The third-order valence-electron chi connectivity index (χ3n) is 5.07. The minimum absolute atomic E-state index is 0.0906. The zero-order valence-electron chi connectivity index (χ0n) is 15.8. The number of aromatic nitrogens is 2. The van der Waals surface area contributed by atoms with Gasteiger partial charge in [-0.15, -0.1) is 0 Å². The summed E-state index contributed by atoms with van der Waals surface area (Å²) in [5, 5.41) is 6.83. The Kier molecular flexibility index (Phi) is 4.71. The molecule has 1 aromatic heterocycles. The van der Waals surface area contributed by atoms with Crippen LogP contribution in [0.2, 0.25) is 0 Å². The van der Waals surface area contributed by atoms with E-state index in [-0.39, 0.29) is 23.9 Å². The summed E-state index contributed by atoms with van der Waals surface area (Å²) in [5.41, 5.74) is 3.64. The smallest absolute Gasteiger partial charge is 0.254 e. The van der Waals surface area contributed by atoms with Crippen molar-refractivity contribution in [3.63, 3.8) is 0 Å². The van der Waals surface area contributed by atoms with E-state index in [0.717, 1.165) is 35.2 Å². The normalized spacial score (nSPS) is 19.6. The number of hydrogen-bond donors (Lipinski definition) is 1. The van der Waals surface area contributed by atoms with Crippen molar-refractivity contribution in [3.05, 3.63) is 57.4 Å². The monoisotopic (exact) mass is 425 g/mol. The molecule has 1 amide bonds. The zero-order valence-corrected chi connectivity index (χ0v) is 17.4. The van der Waals surface area contributed by atoms with Crippen LogP contribution in [0, 0.1) is 6.92 Å². The molecule has 0 aliphatic carbocycles. The van der Waals surface area contributed by atoms with Crippen LogP contribution in [0.15, 0.2) is 50.7 Å². The molecule has 1 aromatic carbocycles. The lowest BCUT2D eigenvalue weighted by Crippen LogP contribution is -2.27. The molecular weight excluding hydrogens is 406 g/mol. The molecule has 3 aliphatic heterocycles. The minimum Gasteiger partial charge on any atom is -0.326 e. The van der Waals surface area contributed by atoms with Crippen LogP contribution in [0.3, 0.4) is 0 Å². The number of carbonyl (C=O) groups excluding carboxylic acids is 1. The number of amidine groups is 1. The summed E-state index contributed by atoms with van der Waals surface area (Å²) in [6.07, 6.45) is 0.252. The highest BCUT2D eigenvalue weighted by atomic mass is 32.2. The molecule has 29 heavy (non-hydrogen) atoms. The number of amides is 1. The number of anilines is 1. The van der Waals surface area contributed by atoms with Crippen LogP contribution < -0.4 is 10.9 Å². The summed E-state index contributed by atoms with van der Waals surface area (Å²) in [6, 6.07) is 9.22. The van der Waals surface area contributed by atoms with Gasteiger partial charge >= 0.3 is 0 Å². The van der Waals surface area contributed by atoms with Gasteiger partial charge in [0, 0.05) is 41.6 Å². The van der Waals surface area contributed by atoms with Crippen LogP contribution in [0.4, 0.5) is 5.69 Å². The standard InChI is InChI=1S/C20H19N5O2S2/c1-12-8-18(27)25-15(10-28-20(25)22-12)9-17(26)23-14-4-2-13(3-5-14)16-11-29-19-21-6-7-24(16)19/h2-5,8,11,15H,6-7,9-10H2,1H3,(H,23,26). The Morgan fingerprint density at radius 3 is 2.97 bits per heavy atom. The number of benzene rings is 1. The zero-order chi connectivity index (χ0) is 20.0. The van der Waals surface area contributed by atoms with Gasteiger partial charge in [0.15, 0.2) is 10.3 Å². The highest BCUT2D eigenvalue weighted by Gasteiger charge is 2.28. The van der Waals surface area contributed by atoms with Gasteiger partial charge in [0.25, 0.3) is 5.56 Å². The second kappa shape index (κ2) is 7.38. The summed E-state index contributed by atoms with van der Waals surface area (Å²) in [4.78, 5) is 35.9. The summed E-state index contributed by atoms with van der Waals surface area (Å²) >= 11 is 3.18. The maximum absolute atomic E-state index is 12.6. The Hall–Kier alpha value is -2.52. The van der Waals surface area contributed by atoms with E-state index in [1.165, 1.54) is 17.8 Å². The Morgan fingerprint density at radius 2 is 2.14 bits per heavy atom. The molecule has 5 rings (SSSR count). The third-order valence-corrected chi connectivity index (χ3v) is 7.07. The molecule has 0 radical (unpaired) electrons. The van der Waals surface area contributed by atoms with Crippen LogP contribution in [-0.2, 0) is 4.79 Å². The van der Waals surface area contributed by atoms with E-state index in [2.05, 4.69) is 25.6 Å². The van der Waals surface area contributed by atoms with Crippen LogP contribution in [0.5, 0.6) is 0 Å². The molecule has 4 heterocycles. The first-order valence-electron chi connectivity index (χ1n) is 9.40. The van der Waals surface area contributed by atoms with E-state index in [1.807, 2.05) is 31.2 Å². The van der Waals surface area contributed by atoms with Crippen molar-refractivity contribution in [2.45, 2.75) is 24.5 Å². The highest BCUT2D eigenvalue weighted by Crippen LogP contribution is 2.35. The topological polar surface area (TPSA) is 79.6 Å². The van der Waals surface area contributed by atoms with E-state index < -0.39 is 0 Å². The molecule has 0 spiro atoms. The second-order valence-corrected chi connectivity index (χ2v) is 8.94. The summed E-state index contributed by atoms with van der Waals surface area (Å²) in [6.45, 7) is 3.57. The number of aryl methyl sites for hydroxylation is 1. The molecule has 1 N–H and O–H groups in total. The molecule has 7 nitrogen and oxygen atoms in total. The molecule has 0 saturated carbocycles. The summed E-state index contributed by atoms with van der Waals surface area (Å²) in [7, 11) is 0. The maximum Gasteiger partial charge on any atom is 0.254 e. The molecule has 3 aliphatic rings. The molecule has 1 atom stereocenters. The van der Waals surface area contributed by atoms with Crippen molar-refractivity contribution in [1.82, 2.24) is 14.5 Å². The lowest BCUT2D eigenvalue weighted by Gasteiger charge is -2.17. The Balaban J connectivity index is 1.25. The fourth-order valence-electron chi connectivity index (χ4n) is 3.71. The van der Waals surface area contributed by atoms with Gasteiger partial charge in [-0.05, 0) is 24.6 Å². The van der Waals surface area contributed by atoms with E-state index >= 15 is 0 Å². The fraction of sp³-hybridized carbons (Fsp3) is 0.300. The number of hydrogen-bond acceptors (Lipinski definition) is 7. The van der Waals surface area contributed by atoms with Crippen molar-refractivity contribution in [2.24, 2.45) is 4.99 Å². The first-order chi connectivity index (χ1) is 14.1. The van der Waals surface area contributed by atoms with Crippen LogP contribution in [0.1, 0.15) is 23.7 Å². The van der Waals surface area contributed by atoms with E-state index in [9.17, 15) is 9.59 Å². The molecule has 0 fully saturated rings. The van der Waals surface area contributed by atoms with Crippen LogP contribution in [0.25, 0.3) is 5.70 Å². The number of rotatable bonds is 4. The van der Waals surface area contributed by atoms with Gasteiger partial charge in [-0.1, -0.05) is 35.7 Å². The number of fused-ring (bicyclic) bond motifs is 2. The van der Waals surface area contributed by atoms with Gasteiger partial charge in [-0.3, -0.25) is 19.1 Å². The van der Waals surface area contributed by atoms with Crippen molar-refractivity contribution in [2.75, 3.05) is 24.2 Å². The molecule has 2 aromatic rings. The average Bonchev–Trinajstić information content (AvgIpc) is 3.38. The molecular formula is C20H19N5O2S2. The largest absolute Gasteiger partial charge is 0.326 e. The maximum atomic E-state index is 12.6. The van der Waals surface area contributed by atoms with Crippen molar-refractivity contribution in [3.8, 4) is 0 Å². The number of carbonyl (C=O) groups is 1. The summed E-state index contributed by atoms with van der Waals surface area (Å²) < 4.78 is 1.64. The second-order valence-electron chi connectivity index (χ2n) is 7.12. The molecule has 148 valence electrons. The van der Waals surface area contributed by atoms with Gasteiger partial charge in [0.05, 0.1) is 18.3 Å². The quantitative estimate of drug-likeness (QED) is 0.759. The molecule has 0 saturated heterocycles. The van der Waals surface area contributed by atoms with E-state index in [0.29, 0.717) is 16.6 Å². The lowest BCUT2D eigenvalue weighted by molar-refractivity contribution is -0.116. The first-order valence-corrected chi connectivity index (χ1v) is 11.3. The van der Waals surface area contributed by atoms with Crippen molar-refractivity contribution in [1.29, 1.82) is 0 Å².